The molecule has 0 saturated carbocycles. The van der Waals surface area contributed by atoms with Crippen LogP contribution in [0.25, 0.3) is 0 Å². The predicted octanol–water partition coefficient (Wildman–Crippen LogP) is 2.81. The third-order valence-electron chi connectivity index (χ3n) is 3.50. The van der Waals surface area contributed by atoms with Crippen LogP contribution in [0.1, 0.15) is 36.1 Å². The minimum Gasteiger partial charge on any atom is -0.321 e. The van der Waals surface area contributed by atoms with Crippen molar-refractivity contribution in [2.24, 2.45) is 11.1 Å². The van der Waals surface area contributed by atoms with Gasteiger partial charge in [0.1, 0.15) is 0 Å². The SMILES string of the molecule is Cc1cc2c(s1)CC(C)(C)C2(C)N. The maximum absolute atomic E-state index is 6.39. The van der Waals surface area contributed by atoms with Gasteiger partial charge in [-0.1, -0.05) is 13.8 Å². The second kappa shape index (κ2) is 2.37. The molecule has 0 radical (unpaired) electrons. The third kappa shape index (κ3) is 1.09. The fourth-order valence-electron chi connectivity index (χ4n) is 2.08. The first-order chi connectivity index (χ1) is 5.84. The van der Waals surface area contributed by atoms with Gasteiger partial charge in [-0.15, -0.1) is 11.3 Å². The zero-order valence-corrected chi connectivity index (χ0v) is 9.59. The summed E-state index contributed by atoms with van der Waals surface area (Å²) in [6.45, 7) is 8.83. The van der Waals surface area contributed by atoms with Gasteiger partial charge < -0.3 is 5.73 Å². The molecule has 1 heterocycles. The summed E-state index contributed by atoms with van der Waals surface area (Å²) in [5, 5.41) is 0. The normalized spacial score (nSPS) is 30.5. The number of aryl methyl sites for hydroxylation is 1. The Labute approximate surface area is 84.0 Å². The number of rotatable bonds is 0. The van der Waals surface area contributed by atoms with Crippen LogP contribution in [0.2, 0.25) is 0 Å². The molecule has 2 N–H and O–H groups in total. The summed E-state index contributed by atoms with van der Waals surface area (Å²) < 4.78 is 0. The van der Waals surface area contributed by atoms with Crippen LogP contribution in [0.15, 0.2) is 6.07 Å². The van der Waals surface area contributed by atoms with Crippen LogP contribution in [0, 0.1) is 12.3 Å². The Hall–Kier alpha value is -0.340. The first-order valence-electron chi connectivity index (χ1n) is 4.73. The monoisotopic (exact) mass is 195 g/mol. The Balaban J connectivity index is 2.57. The highest BCUT2D eigenvalue weighted by Gasteiger charge is 2.47. The molecule has 0 aliphatic heterocycles. The quantitative estimate of drug-likeness (QED) is 0.677. The zero-order chi connectivity index (χ0) is 9.85. The van der Waals surface area contributed by atoms with Crippen molar-refractivity contribution >= 4 is 11.3 Å². The Morgan fingerprint density at radius 2 is 2.00 bits per heavy atom. The topological polar surface area (TPSA) is 26.0 Å². The summed E-state index contributed by atoms with van der Waals surface area (Å²) in [6, 6.07) is 2.26. The Morgan fingerprint density at radius 1 is 1.38 bits per heavy atom. The molecule has 1 nitrogen and oxygen atoms in total. The lowest BCUT2D eigenvalue weighted by atomic mass is 9.75. The van der Waals surface area contributed by atoms with Gasteiger partial charge in [0.15, 0.2) is 0 Å². The maximum Gasteiger partial charge on any atom is 0.0447 e. The Bertz CT molecular complexity index is 347. The largest absolute Gasteiger partial charge is 0.321 e. The lowest BCUT2D eigenvalue weighted by Crippen LogP contribution is -2.43. The molecule has 1 aliphatic carbocycles. The van der Waals surface area contributed by atoms with Crippen LogP contribution in [0.4, 0.5) is 0 Å². The van der Waals surface area contributed by atoms with Crippen LogP contribution >= 0.6 is 11.3 Å². The van der Waals surface area contributed by atoms with Gasteiger partial charge >= 0.3 is 0 Å². The minimum absolute atomic E-state index is 0.146. The van der Waals surface area contributed by atoms with Gasteiger partial charge in [0.25, 0.3) is 0 Å². The Morgan fingerprint density at radius 3 is 2.54 bits per heavy atom. The van der Waals surface area contributed by atoms with Crippen molar-refractivity contribution in [1.29, 1.82) is 0 Å². The van der Waals surface area contributed by atoms with E-state index in [0.29, 0.717) is 0 Å². The molecule has 1 aliphatic rings. The zero-order valence-electron chi connectivity index (χ0n) is 8.77. The smallest absolute Gasteiger partial charge is 0.0447 e. The Kier molecular flexibility index (Phi) is 1.68. The number of thiophene rings is 1. The van der Waals surface area contributed by atoms with Gasteiger partial charge in [0, 0.05) is 15.3 Å². The molecule has 2 rings (SSSR count). The molecule has 0 fully saturated rings. The van der Waals surface area contributed by atoms with Crippen molar-refractivity contribution in [3.63, 3.8) is 0 Å². The molecular weight excluding hydrogens is 178 g/mol. The molecule has 0 saturated heterocycles. The second-order valence-electron chi connectivity index (χ2n) is 4.96. The molecule has 0 aromatic carbocycles. The van der Waals surface area contributed by atoms with Crippen molar-refractivity contribution in [3.8, 4) is 0 Å². The minimum atomic E-state index is -0.146. The van der Waals surface area contributed by atoms with Crippen molar-refractivity contribution in [2.75, 3.05) is 0 Å². The van der Waals surface area contributed by atoms with E-state index in [1.165, 1.54) is 15.3 Å². The van der Waals surface area contributed by atoms with Gasteiger partial charge in [0.2, 0.25) is 0 Å². The molecule has 1 aromatic heterocycles. The molecule has 0 spiro atoms. The van der Waals surface area contributed by atoms with E-state index in [2.05, 4.69) is 33.8 Å². The molecule has 1 unspecified atom stereocenters. The summed E-state index contributed by atoms with van der Waals surface area (Å²) in [4.78, 5) is 2.88. The first kappa shape index (κ1) is 9.22. The van der Waals surface area contributed by atoms with Crippen molar-refractivity contribution in [2.45, 2.75) is 39.7 Å². The van der Waals surface area contributed by atoms with E-state index < -0.39 is 0 Å². The summed E-state index contributed by atoms with van der Waals surface area (Å²) in [6.07, 6.45) is 1.13. The molecule has 1 aromatic rings. The fourth-order valence-corrected chi connectivity index (χ4v) is 3.46. The van der Waals surface area contributed by atoms with E-state index in [1.54, 1.807) is 0 Å². The molecule has 1 atom stereocenters. The standard InChI is InChI=1S/C11H17NS/c1-7-5-8-9(13-7)6-10(2,3)11(8,4)12/h5H,6,12H2,1-4H3. The third-order valence-corrected chi connectivity index (χ3v) is 4.55. The summed E-state index contributed by atoms with van der Waals surface area (Å²) in [7, 11) is 0. The van der Waals surface area contributed by atoms with Gasteiger partial charge in [-0.25, -0.2) is 0 Å². The van der Waals surface area contributed by atoms with Gasteiger partial charge in [-0.2, -0.15) is 0 Å². The molecule has 13 heavy (non-hydrogen) atoms. The van der Waals surface area contributed by atoms with Crippen LogP contribution in [-0.4, -0.2) is 0 Å². The van der Waals surface area contributed by atoms with Crippen LogP contribution < -0.4 is 5.73 Å². The molecule has 2 heteroatoms. The second-order valence-corrected chi connectivity index (χ2v) is 6.30. The summed E-state index contributed by atoms with van der Waals surface area (Å²) in [5.41, 5.74) is 7.83. The lowest BCUT2D eigenvalue weighted by Gasteiger charge is -2.35. The van der Waals surface area contributed by atoms with Crippen molar-refractivity contribution < 1.29 is 0 Å². The average molecular weight is 195 g/mol. The average Bonchev–Trinajstić information content (AvgIpc) is 2.35. The van der Waals surface area contributed by atoms with E-state index in [4.69, 9.17) is 5.73 Å². The van der Waals surface area contributed by atoms with Crippen LogP contribution in [-0.2, 0) is 12.0 Å². The number of hydrogen-bond acceptors (Lipinski definition) is 2. The van der Waals surface area contributed by atoms with Crippen LogP contribution in [0.3, 0.4) is 0 Å². The van der Waals surface area contributed by atoms with Crippen molar-refractivity contribution in [1.82, 2.24) is 0 Å². The van der Waals surface area contributed by atoms with Crippen molar-refractivity contribution in [3.05, 3.63) is 21.4 Å². The van der Waals surface area contributed by atoms with E-state index in [0.717, 1.165) is 6.42 Å². The maximum atomic E-state index is 6.39. The lowest BCUT2D eigenvalue weighted by molar-refractivity contribution is 0.211. The number of hydrogen-bond donors (Lipinski definition) is 1. The fraction of sp³-hybridized carbons (Fsp3) is 0.636. The highest BCUT2D eigenvalue weighted by Crippen LogP contribution is 2.50. The molecule has 0 amide bonds. The molecule has 72 valence electrons. The first-order valence-corrected chi connectivity index (χ1v) is 5.55. The predicted molar refractivity (Wildman–Crippen MR) is 58.1 cm³/mol. The number of nitrogens with two attached hydrogens (primary N) is 1. The van der Waals surface area contributed by atoms with E-state index >= 15 is 0 Å². The van der Waals surface area contributed by atoms with Gasteiger partial charge in [-0.05, 0) is 37.3 Å². The van der Waals surface area contributed by atoms with Crippen LogP contribution in [0.5, 0.6) is 0 Å². The molecular formula is C11H17NS. The highest BCUT2D eigenvalue weighted by atomic mass is 32.1. The molecule has 0 bridgehead atoms. The van der Waals surface area contributed by atoms with Gasteiger partial charge in [-0.3, -0.25) is 0 Å². The summed E-state index contributed by atoms with van der Waals surface area (Å²) in [5.74, 6) is 0. The van der Waals surface area contributed by atoms with E-state index in [9.17, 15) is 0 Å². The van der Waals surface area contributed by atoms with E-state index in [-0.39, 0.29) is 11.0 Å². The van der Waals surface area contributed by atoms with E-state index in [1.807, 2.05) is 11.3 Å². The highest BCUT2D eigenvalue weighted by molar-refractivity contribution is 7.12. The van der Waals surface area contributed by atoms with Gasteiger partial charge in [0.05, 0.1) is 0 Å². The number of fused-ring (bicyclic) bond motifs is 1. The summed E-state index contributed by atoms with van der Waals surface area (Å²) >= 11 is 1.90.